The second-order valence-electron chi connectivity index (χ2n) is 5.52. The van der Waals surface area contributed by atoms with Gasteiger partial charge in [0.25, 0.3) is 0 Å². The first-order valence-corrected chi connectivity index (χ1v) is 7.76. The number of fused-ring (bicyclic) bond motifs is 1. The van der Waals surface area contributed by atoms with Gasteiger partial charge in [0.2, 0.25) is 5.91 Å². The summed E-state index contributed by atoms with van der Waals surface area (Å²) in [5.41, 5.74) is 2.04. The van der Waals surface area contributed by atoms with Crippen LogP contribution < -0.4 is 16.0 Å². The van der Waals surface area contributed by atoms with E-state index in [1.807, 2.05) is 24.3 Å². The van der Waals surface area contributed by atoms with Crippen molar-refractivity contribution in [2.45, 2.75) is 32.9 Å². The van der Waals surface area contributed by atoms with Crippen LogP contribution in [0.1, 0.15) is 20.8 Å². The summed E-state index contributed by atoms with van der Waals surface area (Å²) in [4.78, 5) is 14.7. The fraction of sp³-hybridized carbons (Fsp3) is 0.562. The molecule has 0 bridgehead atoms. The minimum Gasteiger partial charge on any atom is -0.381 e. The molecule has 0 fully saturated rings. The summed E-state index contributed by atoms with van der Waals surface area (Å²) in [6.45, 7) is 9.85. The molecule has 5 heteroatoms. The standard InChI is InChI=1S/C16H26N4O/c1-4-20(5-2)11-12(3)18-16(21)15-10-17-13-8-6-7-9-14(13)19-15/h6-9,12,15,17,19H,4-5,10-11H2,1-3H3,(H,18,21). The molecule has 5 nitrogen and oxygen atoms in total. The highest BCUT2D eigenvalue weighted by Gasteiger charge is 2.24. The van der Waals surface area contributed by atoms with Crippen molar-refractivity contribution in [1.29, 1.82) is 0 Å². The molecule has 21 heavy (non-hydrogen) atoms. The maximum absolute atomic E-state index is 12.3. The molecule has 1 amide bonds. The zero-order valence-electron chi connectivity index (χ0n) is 13.1. The van der Waals surface area contributed by atoms with Gasteiger partial charge < -0.3 is 20.9 Å². The van der Waals surface area contributed by atoms with Gasteiger partial charge in [-0.3, -0.25) is 4.79 Å². The average molecular weight is 290 g/mol. The lowest BCUT2D eigenvalue weighted by Crippen LogP contribution is -2.51. The summed E-state index contributed by atoms with van der Waals surface area (Å²) >= 11 is 0. The SMILES string of the molecule is CCN(CC)CC(C)NC(=O)C1CNc2ccccc2N1. The summed E-state index contributed by atoms with van der Waals surface area (Å²) in [6.07, 6.45) is 0. The number of benzene rings is 1. The fourth-order valence-electron chi connectivity index (χ4n) is 2.63. The predicted molar refractivity (Wildman–Crippen MR) is 87.7 cm³/mol. The van der Waals surface area contributed by atoms with Gasteiger partial charge in [0.05, 0.1) is 11.4 Å². The third kappa shape index (κ3) is 4.11. The van der Waals surface area contributed by atoms with Gasteiger partial charge in [0, 0.05) is 19.1 Å². The number of nitrogens with one attached hydrogen (secondary N) is 3. The number of anilines is 2. The number of para-hydroxylation sites is 2. The molecule has 0 radical (unpaired) electrons. The van der Waals surface area contributed by atoms with E-state index in [9.17, 15) is 4.79 Å². The Bertz CT molecular complexity index is 473. The van der Waals surface area contributed by atoms with Crippen LogP contribution in [-0.4, -0.2) is 49.1 Å². The van der Waals surface area contributed by atoms with Gasteiger partial charge in [0.1, 0.15) is 6.04 Å². The lowest BCUT2D eigenvalue weighted by molar-refractivity contribution is -0.122. The third-order valence-electron chi connectivity index (χ3n) is 3.89. The largest absolute Gasteiger partial charge is 0.381 e. The van der Waals surface area contributed by atoms with E-state index in [1.165, 1.54) is 0 Å². The first-order valence-electron chi connectivity index (χ1n) is 7.76. The normalized spacial score (nSPS) is 18.4. The topological polar surface area (TPSA) is 56.4 Å². The van der Waals surface area contributed by atoms with Gasteiger partial charge >= 0.3 is 0 Å². The number of carbonyl (C=O) groups excluding carboxylic acids is 1. The van der Waals surface area contributed by atoms with Gasteiger partial charge in [-0.05, 0) is 32.1 Å². The molecule has 1 aromatic carbocycles. The highest BCUT2D eigenvalue weighted by atomic mass is 16.2. The predicted octanol–water partition coefficient (Wildman–Crippen LogP) is 1.74. The van der Waals surface area contributed by atoms with E-state index in [-0.39, 0.29) is 18.0 Å². The smallest absolute Gasteiger partial charge is 0.244 e. The Labute approximate surface area is 127 Å². The molecule has 2 rings (SSSR count). The van der Waals surface area contributed by atoms with Crippen molar-refractivity contribution in [2.75, 3.05) is 36.8 Å². The van der Waals surface area contributed by atoms with Crippen molar-refractivity contribution in [2.24, 2.45) is 0 Å². The van der Waals surface area contributed by atoms with Crippen LogP contribution in [0.2, 0.25) is 0 Å². The molecule has 0 spiro atoms. The zero-order chi connectivity index (χ0) is 15.2. The molecule has 0 aromatic heterocycles. The number of hydrogen-bond donors (Lipinski definition) is 3. The molecule has 0 saturated heterocycles. The molecule has 2 atom stereocenters. The third-order valence-corrected chi connectivity index (χ3v) is 3.89. The van der Waals surface area contributed by atoms with Crippen LogP contribution in [0.15, 0.2) is 24.3 Å². The van der Waals surface area contributed by atoms with Crippen LogP contribution in [-0.2, 0) is 4.79 Å². The van der Waals surface area contributed by atoms with Crippen LogP contribution in [0.3, 0.4) is 0 Å². The average Bonchev–Trinajstić information content (AvgIpc) is 2.52. The maximum Gasteiger partial charge on any atom is 0.244 e. The van der Waals surface area contributed by atoms with Crippen LogP contribution in [0.4, 0.5) is 11.4 Å². The Kier molecular flexibility index (Phi) is 5.44. The molecule has 0 aliphatic carbocycles. The monoisotopic (exact) mass is 290 g/mol. The lowest BCUT2D eigenvalue weighted by Gasteiger charge is -2.29. The molecule has 1 aliphatic rings. The van der Waals surface area contributed by atoms with Crippen molar-refractivity contribution >= 4 is 17.3 Å². The van der Waals surface area contributed by atoms with Crippen molar-refractivity contribution in [3.8, 4) is 0 Å². The van der Waals surface area contributed by atoms with E-state index in [4.69, 9.17) is 0 Å². The number of likely N-dealkylation sites (N-methyl/N-ethyl adjacent to an activating group) is 1. The molecule has 1 aromatic rings. The van der Waals surface area contributed by atoms with E-state index in [1.54, 1.807) is 0 Å². The van der Waals surface area contributed by atoms with Crippen LogP contribution in [0, 0.1) is 0 Å². The number of nitrogens with zero attached hydrogens (tertiary/aromatic N) is 1. The van der Waals surface area contributed by atoms with Gasteiger partial charge in [-0.25, -0.2) is 0 Å². The maximum atomic E-state index is 12.3. The Balaban J connectivity index is 1.87. The Morgan fingerprint density at radius 2 is 2.00 bits per heavy atom. The van der Waals surface area contributed by atoms with E-state index in [0.29, 0.717) is 6.54 Å². The molecule has 0 saturated carbocycles. The molecular formula is C16H26N4O. The van der Waals surface area contributed by atoms with Crippen LogP contribution >= 0.6 is 0 Å². The van der Waals surface area contributed by atoms with Gasteiger partial charge in [-0.1, -0.05) is 26.0 Å². The Morgan fingerprint density at radius 1 is 1.33 bits per heavy atom. The minimum atomic E-state index is -0.223. The van der Waals surface area contributed by atoms with Crippen LogP contribution in [0.25, 0.3) is 0 Å². The highest BCUT2D eigenvalue weighted by Crippen LogP contribution is 2.25. The Hall–Kier alpha value is -1.75. The molecule has 1 aliphatic heterocycles. The molecule has 1 heterocycles. The first-order chi connectivity index (χ1) is 10.1. The van der Waals surface area contributed by atoms with Gasteiger partial charge in [-0.2, -0.15) is 0 Å². The number of hydrogen-bond acceptors (Lipinski definition) is 4. The first kappa shape index (κ1) is 15.6. The van der Waals surface area contributed by atoms with E-state index < -0.39 is 0 Å². The summed E-state index contributed by atoms with van der Waals surface area (Å²) in [7, 11) is 0. The fourth-order valence-corrected chi connectivity index (χ4v) is 2.63. The summed E-state index contributed by atoms with van der Waals surface area (Å²) in [5.74, 6) is 0.0525. The quantitative estimate of drug-likeness (QED) is 0.747. The lowest BCUT2D eigenvalue weighted by atomic mass is 10.1. The zero-order valence-corrected chi connectivity index (χ0v) is 13.1. The molecular weight excluding hydrogens is 264 g/mol. The molecule has 2 unspecified atom stereocenters. The van der Waals surface area contributed by atoms with E-state index in [2.05, 4.69) is 41.6 Å². The Morgan fingerprint density at radius 3 is 2.67 bits per heavy atom. The number of amides is 1. The van der Waals surface area contributed by atoms with Gasteiger partial charge in [-0.15, -0.1) is 0 Å². The van der Waals surface area contributed by atoms with Crippen molar-refractivity contribution in [3.63, 3.8) is 0 Å². The minimum absolute atomic E-state index is 0.0525. The van der Waals surface area contributed by atoms with Crippen molar-refractivity contribution in [1.82, 2.24) is 10.2 Å². The van der Waals surface area contributed by atoms with Crippen molar-refractivity contribution < 1.29 is 4.79 Å². The molecule has 3 N–H and O–H groups in total. The second-order valence-corrected chi connectivity index (χ2v) is 5.52. The van der Waals surface area contributed by atoms with E-state index in [0.717, 1.165) is 31.0 Å². The summed E-state index contributed by atoms with van der Waals surface area (Å²) in [5, 5.41) is 9.69. The molecule has 116 valence electrons. The van der Waals surface area contributed by atoms with Crippen molar-refractivity contribution in [3.05, 3.63) is 24.3 Å². The number of rotatable bonds is 6. The van der Waals surface area contributed by atoms with Gasteiger partial charge in [0.15, 0.2) is 0 Å². The van der Waals surface area contributed by atoms with Crippen LogP contribution in [0.5, 0.6) is 0 Å². The summed E-state index contributed by atoms with van der Waals surface area (Å²) < 4.78 is 0. The highest BCUT2D eigenvalue weighted by molar-refractivity contribution is 5.88. The second kappa shape index (κ2) is 7.31. The number of carbonyl (C=O) groups is 1. The van der Waals surface area contributed by atoms with E-state index >= 15 is 0 Å². The summed E-state index contributed by atoms with van der Waals surface area (Å²) in [6, 6.07) is 7.88.